The molecule has 0 saturated heterocycles. The first-order valence-corrected chi connectivity index (χ1v) is 10.0. The average molecular weight is 358 g/mol. The standard InChI is InChI=1S/C21H30F4/c1-13-2-9-17(18(22)10-13)16-7-5-14(6-8-16)3-4-15-11-19(23)21(25)20(24)12-15/h13-21H,2,5-12H2,1H3. The highest BCUT2D eigenvalue weighted by Gasteiger charge is 2.38. The molecular weight excluding hydrogens is 328 g/mol. The summed E-state index contributed by atoms with van der Waals surface area (Å²) in [5.41, 5.74) is 0. The number of halogens is 4. The molecule has 0 aromatic rings. The van der Waals surface area contributed by atoms with Crippen LogP contribution in [0.25, 0.3) is 0 Å². The molecule has 0 radical (unpaired) electrons. The lowest BCUT2D eigenvalue weighted by Crippen LogP contribution is -2.36. The molecule has 3 rings (SSSR count). The molecule has 3 aliphatic carbocycles. The molecule has 0 spiro atoms. The van der Waals surface area contributed by atoms with Crippen LogP contribution in [0.1, 0.15) is 64.7 Å². The van der Waals surface area contributed by atoms with Crippen molar-refractivity contribution in [3.63, 3.8) is 0 Å². The van der Waals surface area contributed by atoms with Crippen LogP contribution in [0, 0.1) is 41.4 Å². The summed E-state index contributed by atoms with van der Waals surface area (Å²) in [7, 11) is 0. The average Bonchev–Trinajstić information content (AvgIpc) is 2.58. The van der Waals surface area contributed by atoms with Crippen molar-refractivity contribution in [3.05, 3.63) is 0 Å². The van der Waals surface area contributed by atoms with Gasteiger partial charge in [-0.3, -0.25) is 0 Å². The Labute approximate surface area is 149 Å². The van der Waals surface area contributed by atoms with E-state index in [2.05, 4.69) is 18.8 Å². The van der Waals surface area contributed by atoms with Crippen molar-refractivity contribution < 1.29 is 17.6 Å². The van der Waals surface area contributed by atoms with E-state index in [1.165, 1.54) is 0 Å². The minimum atomic E-state index is -1.99. The van der Waals surface area contributed by atoms with Crippen LogP contribution in [-0.2, 0) is 0 Å². The Hall–Kier alpha value is -0.720. The molecule has 5 unspecified atom stereocenters. The van der Waals surface area contributed by atoms with Gasteiger partial charge in [-0.2, -0.15) is 0 Å². The molecule has 3 saturated carbocycles. The molecule has 0 aliphatic heterocycles. The predicted octanol–water partition coefficient (Wildman–Crippen LogP) is 5.99. The zero-order valence-corrected chi connectivity index (χ0v) is 15.1. The van der Waals surface area contributed by atoms with Crippen molar-refractivity contribution >= 4 is 0 Å². The van der Waals surface area contributed by atoms with E-state index in [1.807, 2.05) is 0 Å². The summed E-state index contributed by atoms with van der Waals surface area (Å²) in [6.07, 6.45) is 0.681. The van der Waals surface area contributed by atoms with Gasteiger partial charge in [0.2, 0.25) is 0 Å². The Morgan fingerprint density at radius 2 is 1.24 bits per heavy atom. The maximum absolute atomic E-state index is 14.3. The van der Waals surface area contributed by atoms with Gasteiger partial charge >= 0.3 is 0 Å². The molecule has 0 aromatic carbocycles. The zero-order valence-electron chi connectivity index (χ0n) is 15.1. The molecular formula is C21H30F4. The van der Waals surface area contributed by atoms with Crippen LogP contribution in [0.3, 0.4) is 0 Å². The van der Waals surface area contributed by atoms with E-state index < -0.39 is 24.7 Å². The first-order valence-electron chi connectivity index (χ1n) is 10.0. The van der Waals surface area contributed by atoms with Crippen molar-refractivity contribution in [2.24, 2.45) is 29.6 Å². The van der Waals surface area contributed by atoms with Crippen LogP contribution < -0.4 is 0 Å². The largest absolute Gasteiger partial charge is 0.247 e. The van der Waals surface area contributed by atoms with Gasteiger partial charge < -0.3 is 0 Å². The van der Waals surface area contributed by atoms with Crippen molar-refractivity contribution in [2.45, 2.75) is 89.4 Å². The van der Waals surface area contributed by atoms with Crippen LogP contribution >= 0.6 is 0 Å². The fraction of sp³-hybridized carbons (Fsp3) is 0.905. The summed E-state index contributed by atoms with van der Waals surface area (Å²) < 4.78 is 54.4. The molecule has 0 nitrogen and oxygen atoms in total. The molecule has 0 N–H and O–H groups in total. The quantitative estimate of drug-likeness (QED) is 0.399. The van der Waals surface area contributed by atoms with E-state index in [4.69, 9.17) is 0 Å². The summed E-state index contributed by atoms with van der Waals surface area (Å²) in [5.74, 6) is 7.26. The van der Waals surface area contributed by atoms with Gasteiger partial charge in [0.1, 0.15) is 18.5 Å². The molecule has 0 heterocycles. The Bertz CT molecular complexity index is 476. The summed E-state index contributed by atoms with van der Waals surface area (Å²) in [6, 6.07) is 0. The molecule has 5 atom stereocenters. The van der Waals surface area contributed by atoms with Crippen molar-refractivity contribution in [1.82, 2.24) is 0 Å². The van der Waals surface area contributed by atoms with Gasteiger partial charge in [-0.05, 0) is 69.1 Å². The fourth-order valence-electron chi connectivity index (χ4n) is 5.04. The lowest BCUT2D eigenvalue weighted by atomic mass is 9.68. The van der Waals surface area contributed by atoms with E-state index in [0.717, 1.165) is 38.5 Å². The number of hydrogen-bond acceptors (Lipinski definition) is 0. The number of hydrogen-bond donors (Lipinski definition) is 0. The van der Waals surface area contributed by atoms with Crippen LogP contribution in [0.15, 0.2) is 0 Å². The van der Waals surface area contributed by atoms with Gasteiger partial charge in [0.15, 0.2) is 6.17 Å². The first kappa shape index (κ1) is 19.1. The summed E-state index contributed by atoms with van der Waals surface area (Å²) in [4.78, 5) is 0. The SMILES string of the molecule is CC1CCC(C2CCC(C#CC3CC(F)C(F)C(F)C3)CC2)C(F)C1. The van der Waals surface area contributed by atoms with Crippen molar-refractivity contribution in [1.29, 1.82) is 0 Å². The van der Waals surface area contributed by atoms with E-state index in [1.54, 1.807) is 0 Å². The van der Waals surface area contributed by atoms with E-state index in [9.17, 15) is 17.6 Å². The molecule has 4 heteroatoms. The van der Waals surface area contributed by atoms with Gasteiger partial charge in [0.25, 0.3) is 0 Å². The van der Waals surface area contributed by atoms with Gasteiger partial charge in [-0.1, -0.05) is 25.2 Å². The first-order chi connectivity index (χ1) is 11.9. The van der Waals surface area contributed by atoms with E-state index >= 15 is 0 Å². The Kier molecular flexibility index (Phi) is 6.34. The highest BCUT2D eigenvalue weighted by atomic mass is 19.2. The van der Waals surface area contributed by atoms with Gasteiger partial charge in [-0.15, -0.1) is 0 Å². The highest BCUT2D eigenvalue weighted by Crippen LogP contribution is 2.42. The summed E-state index contributed by atoms with van der Waals surface area (Å²) in [5, 5.41) is 0. The second-order valence-electron chi connectivity index (χ2n) is 8.64. The van der Waals surface area contributed by atoms with E-state index in [-0.39, 0.29) is 30.6 Å². The molecule has 25 heavy (non-hydrogen) atoms. The smallest absolute Gasteiger partial charge is 0.162 e. The monoisotopic (exact) mass is 358 g/mol. The Morgan fingerprint density at radius 1 is 0.640 bits per heavy atom. The summed E-state index contributed by atoms with van der Waals surface area (Å²) in [6.45, 7) is 2.13. The molecule has 3 fully saturated rings. The third-order valence-electron chi connectivity index (χ3n) is 6.66. The second-order valence-corrected chi connectivity index (χ2v) is 8.64. The second kappa shape index (κ2) is 8.31. The topological polar surface area (TPSA) is 0 Å². The van der Waals surface area contributed by atoms with E-state index in [0.29, 0.717) is 18.3 Å². The van der Waals surface area contributed by atoms with Crippen LogP contribution in [0.5, 0.6) is 0 Å². The predicted molar refractivity (Wildman–Crippen MR) is 92.0 cm³/mol. The minimum Gasteiger partial charge on any atom is -0.247 e. The zero-order chi connectivity index (χ0) is 18.0. The molecule has 0 aromatic heterocycles. The molecule has 3 aliphatic rings. The molecule has 0 bridgehead atoms. The maximum Gasteiger partial charge on any atom is 0.162 e. The third-order valence-corrected chi connectivity index (χ3v) is 6.66. The van der Waals surface area contributed by atoms with Gasteiger partial charge in [-0.25, -0.2) is 17.6 Å². The lowest BCUT2D eigenvalue weighted by molar-refractivity contribution is 0.0297. The summed E-state index contributed by atoms with van der Waals surface area (Å²) >= 11 is 0. The third kappa shape index (κ3) is 4.72. The van der Waals surface area contributed by atoms with Gasteiger partial charge in [0, 0.05) is 11.8 Å². The Balaban J connectivity index is 1.47. The lowest BCUT2D eigenvalue weighted by Gasteiger charge is -2.38. The van der Waals surface area contributed by atoms with Crippen LogP contribution in [-0.4, -0.2) is 24.7 Å². The van der Waals surface area contributed by atoms with Crippen LogP contribution in [0.4, 0.5) is 17.6 Å². The van der Waals surface area contributed by atoms with Crippen molar-refractivity contribution in [2.75, 3.05) is 0 Å². The molecule has 142 valence electrons. The normalized spacial score (nSPS) is 48.4. The highest BCUT2D eigenvalue weighted by molar-refractivity contribution is 5.11. The number of rotatable bonds is 1. The maximum atomic E-state index is 14.3. The van der Waals surface area contributed by atoms with Crippen molar-refractivity contribution in [3.8, 4) is 11.8 Å². The fourth-order valence-corrected chi connectivity index (χ4v) is 5.04. The number of alkyl halides is 4. The van der Waals surface area contributed by atoms with Gasteiger partial charge in [0.05, 0.1) is 0 Å². The van der Waals surface area contributed by atoms with Crippen LogP contribution in [0.2, 0.25) is 0 Å². The minimum absolute atomic E-state index is 0.00766. The molecule has 0 amide bonds. The Morgan fingerprint density at radius 3 is 1.84 bits per heavy atom.